The SMILES string of the molecule is Cc1cc2c(c(=O)n1C)[C@H](C1=Cc3ccccc3O[C@@H]1C)CC(=O)O2. The minimum atomic E-state index is -0.334. The fourth-order valence-corrected chi connectivity index (χ4v) is 3.58. The van der Waals surface area contributed by atoms with Crippen LogP contribution in [0.5, 0.6) is 11.5 Å². The van der Waals surface area contributed by atoms with Crippen molar-refractivity contribution in [1.82, 2.24) is 4.57 Å². The molecule has 2 aliphatic rings. The molecule has 2 aromatic rings. The third-order valence-corrected chi connectivity index (χ3v) is 5.03. The van der Waals surface area contributed by atoms with Crippen molar-refractivity contribution in [1.29, 1.82) is 0 Å². The number of carbonyl (C=O) groups is 1. The van der Waals surface area contributed by atoms with Crippen molar-refractivity contribution in [2.45, 2.75) is 32.3 Å². The minimum Gasteiger partial charge on any atom is -0.486 e. The smallest absolute Gasteiger partial charge is 0.312 e. The van der Waals surface area contributed by atoms with E-state index in [0.29, 0.717) is 11.3 Å². The van der Waals surface area contributed by atoms with Gasteiger partial charge in [-0.2, -0.15) is 0 Å². The van der Waals surface area contributed by atoms with E-state index in [9.17, 15) is 9.59 Å². The van der Waals surface area contributed by atoms with E-state index < -0.39 is 0 Å². The molecular formula is C20H19NO4. The second-order valence-corrected chi connectivity index (χ2v) is 6.60. The van der Waals surface area contributed by atoms with Gasteiger partial charge in [-0.15, -0.1) is 0 Å². The highest BCUT2D eigenvalue weighted by Crippen LogP contribution is 2.42. The molecule has 1 aromatic carbocycles. The maximum atomic E-state index is 12.8. The van der Waals surface area contributed by atoms with E-state index in [1.165, 1.54) is 0 Å². The van der Waals surface area contributed by atoms with Gasteiger partial charge in [-0.05, 0) is 31.6 Å². The predicted molar refractivity (Wildman–Crippen MR) is 93.9 cm³/mol. The predicted octanol–water partition coefficient (Wildman–Crippen LogP) is 2.95. The van der Waals surface area contributed by atoms with Gasteiger partial charge in [0, 0.05) is 30.3 Å². The van der Waals surface area contributed by atoms with Gasteiger partial charge in [0.25, 0.3) is 5.56 Å². The summed E-state index contributed by atoms with van der Waals surface area (Å²) >= 11 is 0. The number of carbonyl (C=O) groups excluding carboxylic acids is 1. The van der Waals surface area contributed by atoms with E-state index in [0.717, 1.165) is 22.6 Å². The molecule has 0 N–H and O–H groups in total. The summed E-state index contributed by atoms with van der Waals surface area (Å²) in [6.45, 7) is 3.76. The zero-order valence-electron chi connectivity index (χ0n) is 14.4. The van der Waals surface area contributed by atoms with Gasteiger partial charge in [-0.3, -0.25) is 9.59 Å². The third-order valence-electron chi connectivity index (χ3n) is 5.03. The molecule has 5 heteroatoms. The highest BCUT2D eigenvalue weighted by molar-refractivity contribution is 5.79. The zero-order chi connectivity index (χ0) is 17.7. The topological polar surface area (TPSA) is 57.5 Å². The molecule has 2 atom stereocenters. The summed E-state index contributed by atoms with van der Waals surface area (Å²) < 4.78 is 13.0. The first-order valence-electron chi connectivity index (χ1n) is 8.34. The summed E-state index contributed by atoms with van der Waals surface area (Å²) in [5.74, 6) is 0.527. The fraction of sp³-hybridized carbons (Fsp3) is 0.300. The number of para-hydroxylation sites is 1. The number of aryl methyl sites for hydroxylation is 1. The van der Waals surface area contributed by atoms with E-state index in [4.69, 9.17) is 9.47 Å². The number of pyridine rings is 1. The summed E-state index contributed by atoms with van der Waals surface area (Å²) in [5.41, 5.74) is 3.05. The number of fused-ring (bicyclic) bond motifs is 2. The third kappa shape index (κ3) is 2.47. The Hall–Kier alpha value is -2.82. The van der Waals surface area contributed by atoms with Crippen LogP contribution in [0.3, 0.4) is 0 Å². The molecule has 0 saturated carbocycles. The highest BCUT2D eigenvalue weighted by atomic mass is 16.5. The van der Waals surface area contributed by atoms with Crippen LogP contribution >= 0.6 is 0 Å². The maximum absolute atomic E-state index is 12.8. The van der Waals surface area contributed by atoms with Crippen LogP contribution in [0, 0.1) is 6.92 Å². The van der Waals surface area contributed by atoms with Gasteiger partial charge in [0.15, 0.2) is 0 Å². The molecule has 3 heterocycles. The lowest BCUT2D eigenvalue weighted by molar-refractivity contribution is -0.135. The number of ether oxygens (including phenoxy) is 2. The lowest BCUT2D eigenvalue weighted by atomic mass is 9.82. The zero-order valence-corrected chi connectivity index (χ0v) is 14.4. The van der Waals surface area contributed by atoms with Gasteiger partial charge < -0.3 is 14.0 Å². The highest BCUT2D eigenvalue weighted by Gasteiger charge is 2.36. The Labute approximate surface area is 145 Å². The van der Waals surface area contributed by atoms with E-state index in [1.54, 1.807) is 17.7 Å². The molecule has 0 saturated heterocycles. The summed E-state index contributed by atoms with van der Waals surface area (Å²) in [6, 6.07) is 9.51. The average Bonchev–Trinajstić information content (AvgIpc) is 2.58. The Kier molecular flexibility index (Phi) is 3.53. The van der Waals surface area contributed by atoms with Crippen molar-refractivity contribution in [3.63, 3.8) is 0 Å². The van der Waals surface area contributed by atoms with E-state index in [1.807, 2.05) is 44.2 Å². The van der Waals surface area contributed by atoms with Crippen molar-refractivity contribution in [3.8, 4) is 11.5 Å². The summed E-state index contributed by atoms with van der Waals surface area (Å²) in [7, 11) is 1.73. The monoisotopic (exact) mass is 337 g/mol. The first-order chi connectivity index (χ1) is 12.0. The van der Waals surface area contributed by atoms with Crippen molar-refractivity contribution in [2.75, 3.05) is 0 Å². The molecule has 0 radical (unpaired) electrons. The average molecular weight is 337 g/mol. The van der Waals surface area contributed by atoms with E-state index in [-0.39, 0.29) is 30.0 Å². The van der Waals surface area contributed by atoms with Crippen molar-refractivity contribution in [2.24, 2.45) is 7.05 Å². The van der Waals surface area contributed by atoms with E-state index >= 15 is 0 Å². The number of nitrogens with zero attached hydrogens (tertiary/aromatic N) is 1. The molecule has 0 amide bonds. The number of hydrogen-bond acceptors (Lipinski definition) is 4. The lowest BCUT2D eigenvalue weighted by Crippen LogP contribution is -2.35. The van der Waals surface area contributed by atoms with Crippen molar-refractivity contribution >= 4 is 12.0 Å². The largest absolute Gasteiger partial charge is 0.486 e. The molecule has 0 spiro atoms. The molecule has 0 unspecified atom stereocenters. The summed E-state index contributed by atoms with van der Waals surface area (Å²) in [6.07, 6.45) is 1.97. The van der Waals surface area contributed by atoms with Crippen LogP contribution in [0.4, 0.5) is 0 Å². The number of benzene rings is 1. The molecule has 1 aromatic heterocycles. The summed E-state index contributed by atoms with van der Waals surface area (Å²) in [4.78, 5) is 25.0. The molecule has 128 valence electrons. The molecule has 0 bridgehead atoms. The first-order valence-corrected chi connectivity index (χ1v) is 8.34. The second kappa shape index (κ2) is 5.62. The molecule has 2 aliphatic heterocycles. The Bertz CT molecular complexity index is 970. The van der Waals surface area contributed by atoms with Crippen molar-refractivity contribution < 1.29 is 14.3 Å². The molecular weight excluding hydrogens is 318 g/mol. The molecule has 4 rings (SSSR count). The van der Waals surface area contributed by atoms with E-state index in [2.05, 4.69) is 0 Å². The van der Waals surface area contributed by atoms with Gasteiger partial charge in [-0.25, -0.2) is 0 Å². The summed E-state index contributed by atoms with van der Waals surface area (Å²) in [5, 5.41) is 0. The van der Waals surface area contributed by atoms with Gasteiger partial charge in [0.2, 0.25) is 0 Å². The van der Waals surface area contributed by atoms with Crippen LogP contribution in [0.1, 0.15) is 36.1 Å². The van der Waals surface area contributed by atoms with Crippen LogP contribution in [0.2, 0.25) is 0 Å². The van der Waals surface area contributed by atoms with Crippen LogP contribution in [-0.2, 0) is 11.8 Å². The Balaban J connectivity index is 1.91. The number of aromatic nitrogens is 1. The van der Waals surface area contributed by atoms with Gasteiger partial charge in [0.1, 0.15) is 17.6 Å². The number of rotatable bonds is 1. The number of esters is 1. The number of hydrogen-bond donors (Lipinski definition) is 0. The van der Waals surface area contributed by atoms with Crippen LogP contribution in [0.25, 0.3) is 6.08 Å². The molecule has 0 aliphatic carbocycles. The maximum Gasteiger partial charge on any atom is 0.312 e. The van der Waals surface area contributed by atoms with Crippen LogP contribution in [0.15, 0.2) is 40.7 Å². The molecule has 5 nitrogen and oxygen atoms in total. The van der Waals surface area contributed by atoms with Crippen LogP contribution < -0.4 is 15.0 Å². The molecule has 25 heavy (non-hydrogen) atoms. The van der Waals surface area contributed by atoms with Crippen LogP contribution in [-0.4, -0.2) is 16.6 Å². The lowest BCUT2D eigenvalue weighted by Gasteiger charge is -2.32. The fourth-order valence-electron chi connectivity index (χ4n) is 3.58. The van der Waals surface area contributed by atoms with Gasteiger partial charge >= 0.3 is 5.97 Å². The standard InChI is InChI=1S/C20H19NO4/c1-11-8-17-19(20(23)21(11)3)15(10-18(22)25-17)14-9-13-6-4-5-7-16(13)24-12(14)2/h4-9,12,15H,10H2,1-3H3/t12-,15+/m1/s1. The Morgan fingerprint density at radius 2 is 1.92 bits per heavy atom. The second-order valence-electron chi connectivity index (χ2n) is 6.60. The first kappa shape index (κ1) is 15.7. The quantitative estimate of drug-likeness (QED) is 0.751. The van der Waals surface area contributed by atoms with Gasteiger partial charge in [-0.1, -0.05) is 18.2 Å². The van der Waals surface area contributed by atoms with Crippen molar-refractivity contribution in [3.05, 3.63) is 63.1 Å². The van der Waals surface area contributed by atoms with Gasteiger partial charge in [0.05, 0.1) is 12.0 Å². The Morgan fingerprint density at radius 3 is 2.72 bits per heavy atom. The molecule has 0 fully saturated rings. The Morgan fingerprint density at radius 1 is 1.16 bits per heavy atom. The minimum absolute atomic E-state index is 0.126. The normalized spacial score (nSPS) is 21.6.